The van der Waals surface area contributed by atoms with Crippen molar-refractivity contribution in [2.24, 2.45) is 5.73 Å². The van der Waals surface area contributed by atoms with E-state index < -0.39 is 11.4 Å². The van der Waals surface area contributed by atoms with Crippen LogP contribution in [0.1, 0.15) is 51.4 Å². The van der Waals surface area contributed by atoms with E-state index in [0.717, 1.165) is 0 Å². The molecule has 3 aromatic rings. The van der Waals surface area contributed by atoms with Crippen LogP contribution in [-0.4, -0.2) is 26.1 Å². The Morgan fingerprint density at radius 1 is 1.16 bits per heavy atom. The van der Waals surface area contributed by atoms with E-state index >= 15 is 0 Å². The molecule has 0 radical (unpaired) electrons. The van der Waals surface area contributed by atoms with Gasteiger partial charge in [-0.1, -0.05) is 18.3 Å². The number of rotatable bonds is 7. The van der Waals surface area contributed by atoms with Gasteiger partial charge in [-0.2, -0.15) is 0 Å². The lowest BCUT2D eigenvalue weighted by atomic mass is 10.1. The molecular formula is C24H26FN3O3S. The van der Waals surface area contributed by atoms with E-state index in [-0.39, 0.29) is 22.9 Å². The van der Waals surface area contributed by atoms with Crippen molar-refractivity contribution in [2.45, 2.75) is 52.1 Å². The van der Waals surface area contributed by atoms with Crippen LogP contribution in [-0.2, 0) is 16.0 Å². The molecule has 1 aromatic heterocycles. The smallest absolute Gasteiger partial charge is 0.306 e. The third-order valence-corrected chi connectivity index (χ3v) is 5.00. The highest BCUT2D eigenvalue weighted by Crippen LogP contribution is 2.18. The van der Waals surface area contributed by atoms with Gasteiger partial charge in [0, 0.05) is 18.4 Å². The fourth-order valence-corrected chi connectivity index (χ4v) is 3.48. The second kappa shape index (κ2) is 9.56. The van der Waals surface area contributed by atoms with E-state index in [2.05, 4.69) is 0 Å². The zero-order valence-corrected chi connectivity index (χ0v) is 19.2. The molecule has 0 fully saturated rings. The molecule has 0 bridgehead atoms. The van der Waals surface area contributed by atoms with Crippen molar-refractivity contribution in [1.29, 1.82) is 0 Å². The number of hydrogen-bond acceptors (Lipinski definition) is 5. The van der Waals surface area contributed by atoms with Crippen LogP contribution >= 0.6 is 12.2 Å². The van der Waals surface area contributed by atoms with Crippen LogP contribution in [0.15, 0.2) is 47.3 Å². The predicted molar refractivity (Wildman–Crippen MR) is 127 cm³/mol. The number of aryl methyl sites for hydroxylation is 1. The van der Waals surface area contributed by atoms with Crippen LogP contribution < -0.4 is 11.3 Å². The molecule has 0 aliphatic rings. The summed E-state index contributed by atoms with van der Waals surface area (Å²) in [5.74, 6) is -0.144. The van der Waals surface area contributed by atoms with Gasteiger partial charge in [0.05, 0.1) is 16.6 Å². The monoisotopic (exact) mass is 455 g/mol. The van der Waals surface area contributed by atoms with Gasteiger partial charge in [0.2, 0.25) is 0 Å². The summed E-state index contributed by atoms with van der Waals surface area (Å²) in [5.41, 5.74) is 6.56. The molecule has 6 nitrogen and oxygen atoms in total. The fourth-order valence-electron chi connectivity index (χ4n) is 3.35. The molecule has 3 rings (SSSR count). The van der Waals surface area contributed by atoms with Gasteiger partial charge in [0.25, 0.3) is 5.56 Å². The topological polar surface area (TPSA) is 87.2 Å². The van der Waals surface area contributed by atoms with Crippen LogP contribution in [0.25, 0.3) is 16.6 Å². The standard InChI is InChI=1S/C24H26FN3O3S/c1-24(2,3)31-21(29)7-5-4-6-20-27-19-14-15(22(26)32)8-13-18(19)23(30)28(20)17-11-9-16(25)10-12-17/h8-14H,4-7H2,1-3H3,(H2,26,32). The number of hydrogen-bond donors (Lipinski definition) is 1. The van der Waals surface area contributed by atoms with Gasteiger partial charge in [-0.05, 0) is 70.0 Å². The molecule has 2 N–H and O–H groups in total. The van der Waals surface area contributed by atoms with Gasteiger partial charge in [-0.25, -0.2) is 9.37 Å². The SMILES string of the molecule is CC(C)(C)OC(=O)CCCCc1nc2cc(C(N)=S)ccc2c(=O)n1-c1ccc(F)cc1. The average Bonchev–Trinajstić information content (AvgIpc) is 2.70. The van der Waals surface area contributed by atoms with Crippen molar-refractivity contribution in [2.75, 3.05) is 0 Å². The van der Waals surface area contributed by atoms with Crippen LogP contribution in [0.5, 0.6) is 0 Å². The third-order valence-electron chi connectivity index (χ3n) is 4.76. The van der Waals surface area contributed by atoms with Crippen molar-refractivity contribution in [1.82, 2.24) is 9.55 Å². The molecule has 0 saturated carbocycles. The molecule has 2 aromatic carbocycles. The third kappa shape index (κ3) is 5.76. The summed E-state index contributed by atoms with van der Waals surface area (Å²) in [6.07, 6.45) is 1.92. The zero-order chi connectivity index (χ0) is 23.5. The van der Waals surface area contributed by atoms with E-state index in [1.807, 2.05) is 20.8 Å². The molecule has 0 aliphatic heterocycles. The number of nitrogens with zero attached hydrogens (tertiary/aromatic N) is 2. The molecular weight excluding hydrogens is 429 g/mol. The van der Waals surface area contributed by atoms with Crippen LogP contribution in [0.2, 0.25) is 0 Å². The van der Waals surface area contributed by atoms with E-state index in [4.69, 9.17) is 27.7 Å². The second-order valence-corrected chi connectivity index (χ2v) is 8.97. The number of fused-ring (bicyclic) bond motifs is 1. The number of carbonyl (C=O) groups is 1. The van der Waals surface area contributed by atoms with Crippen molar-refractivity contribution in [3.63, 3.8) is 0 Å². The highest BCUT2D eigenvalue weighted by Gasteiger charge is 2.17. The van der Waals surface area contributed by atoms with Crippen molar-refractivity contribution in [3.8, 4) is 5.69 Å². The summed E-state index contributed by atoms with van der Waals surface area (Å²) in [6.45, 7) is 5.48. The predicted octanol–water partition coefficient (Wildman–Crippen LogP) is 4.21. The van der Waals surface area contributed by atoms with Gasteiger partial charge in [0.1, 0.15) is 22.2 Å². The van der Waals surface area contributed by atoms with Gasteiger partial charge >= 0.3 is 5.97 Å². The number of halogens is 1. The number of esters is 1. The molecule has 0 saturated heterocycles. The molecule has 1 heterocycles. The normalized spacial score (nSPS) is 11.5. The Labute approximate surface area is 191 Å². The zero-order valence-electron chi connectivity index (χ0n) is 18.4. The molecule has 32 heavy (non-hydrogen) atoms. The molecule has 0 unspecified atom stereocenters. The Hall–Kier alpha value is -3.13. The quantitative estimate of drug-likeness (QED) is 0.326. The maximum Gasteiger partial charge on any atom is 0.306 e. The lowest BCUT2D eigenvalue weighted by molar-refractivity contribution is -0.154. The number of nitrogens with two attached hydrogens (primary N) is 1. The van der Waals surface area contributed by atoms with E-state index in [1.165, 1.54) is 28.8 Å². The average molecular weight is 456 g/mol. The number of aromatic nitrogens is 2. The number of thiocarbonyl (C=S) groups is 1. The molecule has 168 valence electrons. The van der Waals surface area contributed by atoms with Gasteiger partial charge < -0.3 is 10.5 Å². The number of carbonyl (C=O) groups excluding carboxylic acids is 1. The van der Waals surface area contributed by atoms with E-state index in [0.29, 0.717) is 47.2 Å². The van der Waals surface area contributed by atoms with Crippen molar-refractivity contribution >= 4 is 34.1 Å². The Morgan fingerprint density at radius 2 is 1.84 bits per heavy atom. The first-order chi connectivity index (χ1) is 15.0. The Morgan fingerprint density at radius 3 is 2.47 bits per heavy atom. The highest BCUT2D eigenvalue weighted by molar-refractivity contribution is 7.80. The summed E-state index contributed by atoms with van der Waals surface area (Å²) in [5, 5.41) is 0.409. The van der Waals surface area contributed by atoms with Crippen LogP contribution in [0, 0.1) is 5.82 Å². The Bertz CT molecular complexity index is 1210. The summed E-state index contributed by atoms with van der Waals surface area (Å²) >= 11 is 5.04. The largest absolute Gasteiger partial charge is 0.460 e. The summed E-state index contributed by atoms with van der Waals surface area (Å²) in [6, 6.07) is 10.7. The second-order valence-electron chi connectivity index (χ2n) is 8.53. The molecule has 0 atom stereocenters. The summed E-state index contributed by atoms with van der Waals surface area (Å²) in [4.78, 5) is 30.2. The van der Waals surface area contributed by atoms with Crippen LogP contribution in [0.3, 0.4) is 0 Å². The minimum atomic E-state index is -0.526. The molecule has 0 amide bonds. The first-order valence-electron chi connectivity index (χ1n) is 10.4. The highest BCUT2D eigenvalue weighted by atomic mass is 32.1. The lowest BCUT2D eigenvalue weighted by Crippen LogP contribution is -2.25. The van der Waals surface area contributed by atoms with E-state index in [9.17, 15) is 14.0 Å². The summed E-state index contributed by atoms with van der Waals surface area (Å²) < 4.78 is 20.3. The number of benzene rings is 2. The number of unbranched alkanes of at least 4 members (excludes halogenated alkanes) is 1. The minimum absolute atomic E-state index is 0.218. The molecule has 0 spiro atoms. The maximum atomic E-state index is 13.4. The lowest BCUT2D eigenvalue weighted by Gasteiger charge is -2.19. The van der Waals surface area contributed by atoms with Gasteiger partial charge in [0.15, 0.2) is 0 Å². The summed E-state index contributed by atoms with van der Waals surface area (Å²) in [7, 11) is 0. The van der Waals surface area contributed by atoms with Gasteiger partial charge in [-0.3, -0.25) is 14.2 Å². The first kappa shape index (κ1) is 23.5. The Kier molecular flexibility index (Phi) is 7.03. The first-order valence-corrected chi connectivity index (χ1v) is 10.8. The van der Waals surface area contributed by atoms with Crippen molar-refractivity contribution in [3.05, 3.63) is 70.0 Å². The van der Waals surface area contributed by atoms with Crippen molar-refractivity contribution < 1.29 is 13.9 Å². The number of ether oxygens (including phenoxy) is 1. The minimum Gasteiger partial charge on any atom is -0.460 e. The molecule has 0 aliphatic carbocycles. The molecule has 8 heteroatoms. The maximum absolute atomic E-state index is 13.4. The van der Waals surface area contributed by atoms with Crippen LogP contribution in [0.4, 0.5) is 4.39 Å². The fraction of sp³-hybridized carbons (Fsp3) is 0.333. The van der Waals surface area contributed by atoms with E-state index in [1.54, 1.807) is 18.2 Å². The Balaban J connectivity index is 1.93. The van der Waals surface area contributed by atoms with Gasteiger partial charge in [-0.15, -0.1) is 0 Å².